The minimum Gasteiger partial charge on any atom is -0.379 e. The third kappa shape index (κ3) is 2.71. The summed E-state index contributed by atoms with van der Waals surface area (Å²) < 4.78 is 10.7. The first kappa shape index (κ1) is 13.9. The first-order valence-electron chi connectivity index (χ1n) is 7.15. The number of hydrogen-bond donors (Lipinski definition) is 1. The number of likely N-dealkylation sites (N-methyl/N-ethyl adjacent to an activating group) is 2. The van der Waals surface area contributed by atoms with Crippen LogP contribution in [0.3, 0.4) is 0 Å². The van der Waals surface area contributed by atoms with E-state index in [1.807, 2.05) is 0 Å². The molecule has 0 saturated carbocycles. The minimum atomic E-state index is -0.597. The maximum absolute atomic E-state index is 6.24. The smallest absolute Gasteiger partial charge is 0.249 e. The Labute approximate surface area is 119 Å². The first-order chi connectivity index (χ1) is 9.57. The summed E-state index contributed by atoms with van der Waals surface area (Å²) in [6, 6.07) is 0.424. The lowest BCUT2D eigenvalue weighted by Crippen LogP contribution is -2.50. The van der Waals surface area contributed by atoms with Crippen LogP contribution in [0.15, 0.2) is 4.52 Å². The van der Waals surface area contributed by atoms with Gasteiger partial charge in [0, 0.05) is 38.7 Å². The molecule has 0 aliphatic carbocycles. The summed E-state index contributed by atoms with van der Waals surface area (Å²) >= 11 is 0. The standard InChI is InChI=1S/C13H23N5O2/c1-17-4-5-18(2)10(8-17)7-11-15-12(20-16-11)13(14)3-6-19-9-13/h10H,3-9,14H2,1-2H3. The second kappa shape index (κ2) is 5.40. The molecule has 2 fully saturated rings. The van der Waals surface area contributed by atoms with Crippen molar-refractivity contribution < 1.29 is 9.26 Å². The van der Waals surface area contributed by atoms with Crippen molar-refractivity contribution in [2.24, 2.45) is 5.73 Å². The van der Waals surface area contributed by atoms with E-state index in [1.54, 1.807) is 0 Å². The van der Waals surface area contributed by atoms with Gasteiger partial charge in [-0.2, -0.15) is 4.98 Å². The van der Waals surface area contributed by atoms with Gasteiger partial charge in [0.15, 0.2) is 5.82 Å². The Morgan fingerprint density at radius 1 is 1.40 bits per heavy atom. The van der Waals surface area contributed by atoms with Gasteiger partial charge in [-0.25, -0.2) is 0 Å². The molecule has 2 aliphatic rings. The van der Waals surface area contributed by atoms with Gasteiger partial charge >= 0.3 is 0 Å². The Morgan fingerprint density at radius 3 is 3.00 bits per heavy atom. The second-order valence-corrected chi connectivity index (χ2v) is 6.08. The summed E-state index contributed by atoms with van der Waals surface area (Å²) in [4.78, 5) is 9.18. The maximum atomic E-state index is 6.24. The van der Waals surface area contributed by atoms with Crippen molar-refractivity contribution in [1.29, 1.82) is 0 Å². The van der Waals surface area contributed by atoms with Crippen molar-refractivity contribution >= 4 is 0 Å². The molecule has 2 aliphatic heterocycles. The van der Waals surface area contributed by atoms with E-state index in [0.717, 1.165) is 38.3 Å². The van der Waals surface area contributed by atoms with Gasteiger partial charge in [-0.15, -0.1) is 0 Å². The van der Waals surface area contributed by atoms with Gasteiger partial charge in [-0.1, -0.05) is 5.16 Å². The van der Waals surface area contributed by atoms with Crippen LogP contribution >= 0.6 is 0 Å². The summed E-state index contributed by atoms with van der Waals surface area (Å²) in [5, 5.41) is 4.09. The van der Waals surface area contributed by atoms with Crippen LogP contribution in [0.25, 0.3) is 0 Å². The van der Waals surface area contributed by atoms with Crippen molar-refractivity contribution in [2.75, 3.05) is 46.9 Å². The number of nitrogens with two attached hydrogens (primary N) is 1. The molecule has 3 rings (SSSR count). The van der Waals surface area contributed by atoms with Crippen LogP contribution < -0.4 is 5.73 Å². The van der Waals surface area contributed by atoms with E-state index in [1.165, 1.54) is 0 Å². The topological polar surface area (TPSA) is 80.7 Å². The van der Waals surface area contributed by atoms with Crippen LogP contribution in [-0.2, 0) is 16.7 Å². The van der Waals surface area contributed by atoms with E-state index in [0.29, 0.717) is 25.1 Å². The van der Waals surface area contributed by atoms with Gasteiger partial charge in [0.1, 0.15) is 5.54 Å². The summed E-state index contributed by atoms with van der Waals surface area (Å²) in [6.45, 7) is 4.32. The van der Waals surface area contributed by atoms with E-state index in [9.17, 15) is 0 Å². The average molecular weight is 281 g/mol. The van der Waals surface area contributed by atoms with Gasteiger partial charge in [0.2, 0.25) is 5.89 Å². The lowest BCUT2D eigenvalue weighted by atomic mass is 10.0. The second-order valence-electron chi connectivity index (χ2n) is 6.08. The maximum Gasteiger partial charge on any atom is 0.249 e. The third-order valence-corrected chi connectivity index (χ3v) is 4.34. The summed E-state index contributed by atoms with van der Waals surface area (Å²) in [5.74, 6) is 1.25. The molecule has 3 heterocycles. The summed E-state index contributed by atoms with van der Waals surface area (Å²) in [5.41, 5.74) is 5.64. The van der Waals surface area contributed by atoms with E-state index in [-0.39, 0.29) is 0 Å². The summed E-state index contributed by atoms with van der Waals surface area (Å²) in [6.07, 6.45) is 1.53. The van der Waals surface area contributed by atoms with Gasteiger partial charge in [0.25, 0.3) is 0 Å². The molecule has 2 atom stereocenters. The van der Waals surface area contributed by atoms with Crippen LogP contribution in [-0.4, -0.2) is 72.9 Å². The number of piperazine rings is 1. The molecule has 7 heteroatoms. The molecule has 0 bridgehead atoms. The van der Waals surface area contributed by atoms with Crippen LogP contribution in [0, 0.1) is 0 Å². The Morgan fingerprint density at radius 2 is 2.25 bits per heavy atom. The van der Waals surface area contributed by atoms with Gasteiger partial charge < -0.3 is 24.8 Å². The van der Waals surface area contributed by atoms with Crippen molar-refractivity contribution in [3.8, 4) is 0 Å². The van der Waals surface area contributed by atoms with Crippen molar-refractivity contribution in [2.45, 2.75) is 24.4 Å². The predicted molar refractivity (Wildman–Crippen MR) is 73.2 cm³/mol. The Balaban J connectivity index is 1.67. The Hall–Kier alpha value is -1.02. The molecule has 0 radical (unpaired) electrons. The van der Waals surface area contributed by atoms with E-state index in [4.69, 9.17) is 15.0 Å². The van der Waals surface area contributed by atoms with Crippen LogP contribution in [0.2, 0.25) is 0 Å². The molecule has 2 unspecified atom stereocenters. The molecule has 1 aromatic heterocycles. The molecule has 7 nitrogen and oxygen atoms in total. The fraction of sp³-hybridized carbons (Fsp3) is 0.846. The Bertz CT molecular complexity index is 457. The zero-order valence-corrected chi connectivity index (χ0v) is 12.2. The van der Waals surface area contributed by atoms with Crippen molar-refractivity contribution in [1.82, 2.24) is 19.9 Å². The molecule has 20 heavy (non-hydrogen) atoms. The van der Waals surface area contributed by atoms with Crippen LogP contribution in [0.4, 0.5) is 0 Å². The molecule has 2 N–H and O–H groups in total. The zero-order valence-electron chi connectivity index (χ0n) is 12.2. The highest BCUT2D eigenvalue weighted by molar-refractivity contribution is 5.05. The van der Waals surface area contributed by atoms with Gasteiger partial charge in [-0.3, -0.25) is 0 Å². The molecule has 0 spiro atoms. The SMILES string of the molecule is CN1CCN(C)C(Cc2noc(C3(N)CCOC3)n2)C1. The number of hydrogen-bond acceptors (Lipinski definition) is 7. The molecular weight excluding hydrogens is 258 g/mol. The van der Waals surface area contributed by atoms with Crippen molar-refractivity contribution in [3.63, 3.8) is 0 Å². The Kier molecular flexibility index (Phi) is 3.76. The summed E-state index contributed by atoms with van der Waals surface area (Å²) in [7, 11) is 4.29. The van der Waals surface area contributed by atoms with Crippen LogP contribution in [0.5, 0.6) is 0 Å². The molecule has 0 aromatic carbocycles. The number of ether oxygens (including phenoxy) is 1. The monoisotopic (exact) mass is 281 g/mol. The highest BCUT2D eigenvalue weighted by Crippen LogP contribution is 2.26. The average Bonchev–Trinajstić information content (AvgIpc) is 3.04. The highest BCUT2D eigenvalue weighted by atomic mass is 16.5. The molecular formula is C13H23N5O2. The van der Waals surface area contributed by atoms with E-state index >= 15 is 0 Å². The number of nitrogens with zero attached hydrogens (tertiary/aromatic N) is 4. The normalized spacial score (nSPS) is 32.9. The molecule has 0 amide bonds. The van der Waals surface area contributed by atoms with Gasteiger partial charge in [-0.05, 0) is 20.5 Å². The van der Waals surface area contributed by atoms with E-state index in [2.05, 4.69) is 34.0 Å². The first-order valence-corrected chi connectivity index (χ1v) is 7.15. The number of rotatable bonds is 3. The van der Waals surface area contributed by atoms with E-state index < -0.39 is 5.54 Å². The largest absolute Gasteiger partial charge is 0.379 e. The fourth-order valence-corrected chi connectivity index (χ4v) is 2.82. The fourth-order valence-electron chi connectivity index (χ4n) is 2.82. The molecule has 1 aromatic rings. The molecule has 112 valence electrons. The van der Waals surface area contributed by atoms with Crippen LogP contribution in [0.1, 0.15) is 18.1 Å². The lowest BCUT2D eigenvalue weighted by Gasteiger charge is -2.37. The zero-order chi connectivity index (χ0) is 14.2. The quantitative estimate of drug-likeness (QED) is 0.795. The third-order valence-electron chi connectivity index (χ3n) is 4.34. The number of aromatic nitrogens is 2. The highest BCUT2D eigenvalue weighted by Gasteiger charge is 2.38. The predicted octanol–water partition coefficient (Wildman–Crippen LogP) is -0.568. The molecule has 2 saturated heterocycles. The lowest BCUT2D eigenvalue weighted by molar-refractivity contribution is 0.113. The van der Waals surface area contributed by atoms with Crippen molar-refractivity contribution in [3.05, 3.63) is 11.7 Å². The van der Waals surface area contributed by atoms with Gasteiger partial charge in [0.05, 0.1) is 6.61 Å². The minimum absolute atomic E-state index is 0.424.